The van der Waals surface area contributed by atoms with E-state index >= 15 is 0 Å². The second-order valence-corrected chi connectivity index (χ2v) is 5.99. The van der Waals surface area contributed by atoms with Gasteiger partial charge >= 0.3 is 5.97 Å². The molecule has 6 heteroatoms. The molecule has 1 aromatic heterocycles. The van der Waals surface area contributed by atoms with Gasteiger partial charge in [0, 0.05) is 20.8 Å². The van der Waals surface area contributed by atoms with Gasteiger partial charge in [0.1, 0.15) is 0 Å². The number of rotatable bonds is 5. The summed E-state index contributed by atoms with van der Waals surface area (Å²) in [6.45, 7) is 2.10. The van der Waals surface area contributed by atoms with E-state index in [1.165, 1.54) is 0 Å². The predicted octanol–water partition coefficient (Wildman–Crippen LogP) is 4.32. The average Bonchev–Trinajstić information content (AvgIpc) is 2.47. The summed E-state index contributed by atoms with van der Waals surface area (Å²) in [5, 5.41) is 3.16. The molecule has 0 aliphatic rings. The molecule has 0 aliphatic carbocycles. The maximum Gasteiger partial charge on any atom is 0.334 e. The quantitative estimate of drug-likeness (QED) is 0.741. The van der Waals surface area contributed by atoms with Crippen LogP contribution in [0.15, 0.2) is 51.5 Å². The zero-order valence-corrected chi connectivity index (χ0v) is 14.5. The number of nitrogens with zero attached hydrogens (tertiary/aromatic N) is 1. The number of para-hydroxylation sites is 1. The van der Waals surface area contributed by atoms with Crippen LogP contribution in [0.1, 0.15) is 18.7 Å². The Balaban J connectivity index is 2.33. The van der Waals surface area contributed by atoms with Crippen molar-refractivity contribution in [2.75, 3.05) is 11.9 Å². The minimum atomic E-state index is -0.671. The molecule has 21 heavy (non-hydrogen) atoms. The first kappa shape index (κ1) is 16.0. The van der Waals surface area contributed by atoms with Crippen LogP contribution >= 0.6 is 31.9 Å². The Hall–Kier alpha value is -1.40. The monoisotopic (exact) mass is 412 g/mol. The first-order valence-corrected chi connectivity index (χ1v) is 7.99. The first-order chi connectivity index (χ1) is 10.1. The van der Waals surface area contributed by atoms with Crippen LogP contribution < -0.4 is 5.32 Å². The molecule has 0 fully saturated rings. The standard InChI is InChI=1S/C15H14Br2N2O2/c1-2-21-15(20)14(19-11-6-4-3-5-7-11)13-12(17)8-10(16)9-18-13/h3-9,14,19H,2H2,1H3. The third-order valence-corrected chi connectivity index (χ3v) is 3.79. The van der Waals surface area contributed by atoms with Crippen LogP contribution in [0.25, 0.3) is 0 Å². The van der Waals surface area contributed by atoms with Crippen molar-refractivity contribution in [3.05, 3.63) is 57.2 Å². The molecule has 1 heterocycles. The summed E-state index contributed by atoms with van der Waals surface area (Å²) in [5.41, 5.74) is 1.41. The number of halogens is 2. The number of aromatic nitrogens is 1. The topological polar surface area (TPSA) is 51.2 Å². The second kappa shape index (κ2) is 7.56. The van der Waals surface area contributed by atoms with E-state index in [1.807, 2.05) is 36.4 Å². The number of nitrogens with one attached hydrogen (secondary N) is 1. The van der Waals surface area contributed by atoms with Crippen LogP contribution in [0.2, 0.25) is 0 Å². The molecule has 0 bridgehead atoms. The molecule has 0 amide bonds. The van der Waals surface area contributed by atoms with Crippen molar-refractivity contribution in [2.24, 2.45) is 0 Å². The molecule has 1 aromatic carbocycles. The number of carbonyl (C=O) groups excluding carboxylic acids is 1. The number of esters is 1. The minimum Gasteiger partial charge on any atom is -0.464 e. The Morgan fingerprint density at radius 2 is 2.05 bits per heavy atom. The molecule has 0 saturated heterocycles. The average molecular weight is 414 g/mol. The molecule has 110 valence electrons. The normalized spacial score (nSPS) is 11.8. The van der Waals surface area contributed by atoms with Gasteiger partial charge in [0.2, 0.25) is 0 Å². The summed E-state index contributed by atoms with van der Waals surface area (Å²) in [6.07, 6.45) is 1.65. The molecular weight excluding hydrogens is 400 g/mol. The van der Waals surface area contributed by atoms with Crippen molar-refractivity contribution >= 4 is 43.5 Å². The number of hydrogen-bond acceptors (Lipinski definition) is 4. The largest absolute Gasteiger partial charge is 0.464 e. The van der Waals surface area contributed by atoms with Gasteiger partial charge < -0.3 is 10.1 Å². The van der Waals surface area contributed by atoms with Crippen molar-refractivity contribution in [3.8, 4) is 0 Å². The van der Waals surface area contributed by atoms with Crippen LogP contribution in [0.4, 0.5) is 5.69 Å². The van der Waals surface area contributed by atoms with E-state index < -0.39 is 6.04 Å². The Bertz CT molecular complexity index is 620. The molecule has 2 rings (SSSR count). The lowest BCUT2D eigenvalue weighted by atomic mass is 10.1. The van der Waals surface area contributed by atoms with Crippen LogP contribution in [0.5, 0.6) is 0 Å². The van der Waals surface area contributed by atoms with Gasteiger partial charge in [0.25, 0.3) is 0 Å². The van der Waals surface area contributed by atoms with E-state index in [2.05, 4.69) is 42.2 Å². The van der Waals surface area contributed by atoms with E-state index in [0.29, 0.717) is 12.3 Å². The van der Waals surface area contributed by atoms with Crippen LogP contribution in [0.3, 0.4) is 0 Å². The highest BCUT2D eigenvalue weighted by Crippen LogP contribution is 2.28. The van der Waals surface area contributed by atoms with Crippen molar-refractivity contribution in [1.82, 2.24) is 4.98 Å². The van der Waals surface area contributed by atoms with Crippen LogP contribution in [-0.2, 0) is 9.53 Å². The second-order valence-electron chi connectivity index (χ2n) is 4.22. The predicted molar refractivity (Wildman–Crippen MR) is 89.1 cm³/mol. The zero-order valence-electron chi connectivity index (χ0n) is 11.3. The van der Waals surface area contributed by atoms with Gasteiger partial charge in [0.05, 0.1) is 12.3 Å². The lowest BCUT2D eigenvalue weighted by Gasteiger charge is -2.19. The zero-order chi connectivity index (χ0) is 15.2. The Labute approximate surface area is 140 Å². The van der Waals surface area contributed by atoms with Gasteiger partial charge in [-0.05, 0) is 57.0 Å². The van der Waals surface area contributed by atoms with Gasteiger partial charge in [0.15, 0.2) is 6.04 Å². The number of carbonyl (C=O) groups is 1. The van der Waals surface area contributed by atoms with Crippen LogP contribution in [-0.4, -0.2) is 17.6 Å². The van der Waals surface area contributed by atoms with E-state index in [0.717, 1.165) is 14.6 Å². The fraction of sp³-hybridized carbons (Fsp3) is 0.200. The first-order valence-electron chi connectivity index (χ1n) is 6.41. The highest BCUT2D eigenvalue weighted by Gasteiger charge is 2.25. The van der Waals surface area contributed by atoms with Crippen molar-refractivity contribution in [1.29, 1.82) is 0 Å². The summed E-state index contributed by atoms with van der Waals surface area (Å²) in [4.78, 5) is 16.5. The molecule has 4 nitrogen and oxygen atoms in total. The molecule has 0 aliphatic heterocycles. The number of benzene rings is 1. The summed E-state index contributed by atoms with van der Waals surface area (Å²) in [5.74, 6) is -0.364. The number of ether oxygens (including phenoxy) is 1. The molecule has 0 spiro atoms. The summed E-state index contributed by atoms with van der Waals surface area (Å²) in [6, 6.07) is 10.7. The van der Waals surface area contributed by atoms with Crippen LogP contribution in [0, 0.1) is 0 Å². The maximum absolute atomic E-state index is 12.2. The number of hydrogen-bond donors (Lipinski definition) is 1. The van der Waals surface area contributed by atoms with Crippen molar-refractivity contribution in [3.63, 3.8) is 0 Å². The number of pyridine rings is 1. The Morgan fingerprint density at radius 3 is 2.67 bits per heavy atom. The summed E-state index contributed by atoms with van der Waals surface area (Å²) >= 11 is 6.79. The van der Waals surface area contributed by atoms with E-state index in [9.17, 15) is 4.79 Å². The molecule has 0 radical (unpaired) electrons. The Morgan fingerprint density at radius 1 is 1.33 bits per heavy atom. The van der Waals surface area contributed by atoms with Gasteiger partial charge in [-0.2, -0.15) is 0 Å². The van der Waals surface area contributed by atoms with Crippen molar-refractivity contribution in [2.45, 2.75) is 13.0 Å². The van der Waals surface area contributed by atoms with Crippen molar-refractivity contribution < 1.29 is 9.53 Å². The fourth-order valence-corrected chi connectivity index (χ4v) is 3.02. The van der Waals surface area contributed by atoms with Gasteiger partial charge in [-0.3, -0.25) is 4.98 Å². The highest BCUT2D eigenvalue weighted by atomic mass is 79.9. The Kier molecular flexibility index (Phi) is 5.76. The molecular formula is C15H14Br2N2O2. The third kappa shape index (κ3) is 4.28. The summed E-state index contributed by atoms with van der Waals surface area (Å²) < 4.78 is 6.71. The van der Waals surface area contributed by atoms with E-state index in [1.54, 1.807) is 13.1 Å². The SMILES string of the molecule is CCOC(=O)C(Nc1ccccc1)c1ncc(Br)cc1Br. The minimum absolute atomic E-state index is 0.319. The molecule has 1 unspecified atom stereocenters. The third-order valence-electron chi connectivity index (χ3n) is 2.72. The molecule has 1 N–H and O–H groups in total. The molecule has 0 saturated carbocycles. The molecule has 2 aromatic rings. The van der Waals surface area contributed by atoms with Gasteiger partial charge in [-0.1, -0.05) is 18.2 Å². The number of anilines is 1. The highest BCUT2D eigenvalue weighted by molar-refractivity contribution is 9.11. The lowest BCUT2D eigenvalue weighted by Crippen LogP contribution is -2.24. The molecule has 1 atom stereocenters. The van der Waals surface area contributed by atoms with E-state index in [-0.39, 0.29) is 5.97 Å². The van der Waals surface area contributed by atoms with Gasteiger partial charge in [-0.25, -0.2) is 4.79 Å². The van der Waals surface area contributed by atoms with Gasteiger partial charge in [-0.15, -0.1) is 0 Å². The summed E-state index contributed by atoms with van der Waals surface area (Å²) in [7, 11) is 0. The maximum atomic E-state index is 12.2. The smallest absolute Gasteiger partial charge is 0.334 e. The van der Waals surface area contributed by atoms with E-state index in [4.69, 9.17) is 4.74 Å². The lowest BCUT2D eigenvalue weighted by molar-refractivity contribution is -0.144. The fourth-order valence-electron chi connectivity index (χ4n) is 1.80.